The third kappa shape index (κ3) is 2.63. The lowest BCUT2D eigenvalue weighted by atomic mass is 10.2. The predicted octanol–water partition coefficient (Wildman–Crippen LogP) is 2.28. The summed E-state index contributed by atoms with van der Waals surface area (Å²) in [5.74, 6) is 0. The molecule has 100 valence electrons. The number of hydrogen-bond donors (Lipinski definition) is 2. The third-order valence-corrected chi connectivity index (χ3v) is 4.98. The number of benzene rings is 1. The number of H-pyrrole nitrogens is 1. The van der Waals surface area contributed by atoms with E-state index in [1.54, 1.807) is 4.57 Å². The van der Waals surface area contributed by atoms with Crippen LogP contribution < -0.4 is 11.4 Å². The highest BCUT2D eigenvalue weighted by molar-refractivity contribution is 9.10. The third-order valence-electron chi connectivity index (χ3n) is 3.02. The molecule has 0 saturated heterocycles. The van der Waals surface area contributed by atoms with Crippen LogP contribution in [-0.4, -0.2) is 14.8 Å². The number of aromatic nitrogens is 3. The Morgan fingerprint density at radius 1 is 1.53 bits per heavy atom. The van der Waals surface area contributed by atoms with Gasteiger partial charge in [-0.1, -0.05) is 6.07 Å². The summed E-state index contributed by atoms with van der Waals surface area (Å²) < 4.78 is 2.71. The lowest BCUT2D eigenvalue weighted by Crippen LogP contribution is -2.16. The number of nitrogens with one attached hydrogen (secondary N) is 1. The van der Waals surface area contributed by atoms with Crippen molar-refractivity contribution in [1.29, 1.82) is 0 Å². The van der Waals surface area contributed by atoms with Crippen LogP contribution in [0.1, 0.15) is 24.4 Å². The highest BCUT2D eigenvalue weighted by atomic mass is 79.9. The van der Waals surface area contributed by atoms with Gasteiger partial charge >= 0.3 is 5.69 Å². The maximum atomic E-state index is 11.7. The van der Waals surface area contributed by atoms with Gasteiger partial charge in [-0.2, -0.15) is 0 Å². The summed E-state index contributed by atoms with van der Waals surface area (Å²) >= 11 is 5.01. The molecule has 1 aliphatic rings. The molecule has 3 N–H and O–H groups in total. The van der Waals surface area contributed by atoms with E-state index in [1.165, 1.54) is 11.8 Å². The molecule has 0 unspecified atom stereocenters. The molecule has 0 atom stereocenters. The van der Waals surface area contributed by atoms with Gasteiger partial charge in [-0.25, -0.2) is 9.89 Å². The Labute approximate surface area is 122 Å². The number of nitrogens with two attached hydrogens (primary N) is 1. The van der Waals surface area contributed by atoms with Crippen molar-refractivity contribution >= 4 is 27.7 Å². The van der Waals surface area contributed by atoms with Crippen LogP contribution in [0, 0.1) is 0 Å². The first-order valence-corrected chi connectivity index (χ1v) is 7.63. The smallest absolute Gasteiger partial charge is 0.326 e. The van der Waals surface area contributed by atoms with Crippen LogP contribution in [-0.2, 0) is 6.54 Å². The molecule has 2 aromatic rings. The van der Waals surface area contributed by atoms with E-state index in [2.05, 4.69) is 26.1 Å². The van der Waals surface area contributed by atoms with E-state index in [0.717, 1.165) is 27.8 Å². The van der Waals surface area contributed by atoms with Crippen molar-refractivity contribution < 1.29 is 0 Å². The molecule has 0 amide bonds. The molecule has 1 aromatic carbocycles. The molecule has 7 heteroatoms. The highest BCUT2D eigenvalue weighted by Crippen LogP contribution is 2.39. The zero-order chi connectivity index (χ0) is 13.4. The van der Waals surface area contributed by atoms with Crippen LogP contribution in [0.15, 0.2) is 37.5 Å². The van der Waals surface area contributed by atoms with Gasteiger partial charge in [0.2, 0.25) is 0 Å². The first kappa shape index (κ1) is 13.0. The van der Waals surface area contributed by atoms with Crippen LogP contribution in [0.4, 0.5) is 0 Å². The summed E-state index contributed by atoms with van der Waals surface area (Å²) in [5, 5.41) is 7.34. The van der Waals surface area contributed by atoms with Crippen LogP contribution >= 0.6 is 27.7 Å². The average Bonchev–Trinajstić information content (AvgIpc) is 3.17. The molecule has 5 nitrogen and oxygen atoms in total. The molecule has 1 aliphatic carbocycles. The first-order chi connectivity index (χ1) is 9.19. The van der Waals surface area contributed by atoms with Crippen molar-refractivity contribution in [3.05, 3.63) is 38.7 Å². The van der Waals surface area contributed by atoms with Gasteiger partial charge in [0.1, 0.15) is 0 Å². The van der Waals surface area contributed by atoms with Crippen molar-refractivity contribution in [2.75, 3.05) is 0 Å². The van der Waals surface area contributed by atoms with E-state index in [9.17, 15) is 4.79 Å². The Hall–Kier alpha value is -1.05. The Bertz CT molecular complexity index is 662. The van der Waals surface area contributed by atoms with Crippen molar-refractivity contribution in [3.63, 3.8) is 0 Å². The Morgan fingerprint density at radius 2 is 2.32 bits per heavy atom. The van der Waals surface area contributed by atoms with Crippen LogP contribution in [0.3, 0.4) is 0 Å². The summed E-state index contributed by atoms with van der Waals surface area (Å²) in [7, 11) is 0. The second-order valence-corrected chi connectivity index (χ2v) is 6.35. The minimum absolute atomic E-state index is 0.125. The maximum Gasteiger partial charge on any atom is 0.344 e. The second-order valence-electron chi connectivity index (χ2n) is 4.48. The van der Waals surface area contributed by atoms with Gasteiger partial charge < -0.3 is 5.73 Å². The molecule has 0 aliphatic heterocycles. The second kappa shape index (κ2) is 5.15. The molecule has 1 fully saturated rings. The molecule has 1 aromatic heterocycles. The van der Waals surface area contributed by atoms with Crippen molar-refractivity contribution in [1.82, 2.24) is 14.8 Å². The molecule has 0 radical (unpaired) electrons. The number of aromatic amines is 1. The average molecular weight is 341 g/mol. The fourth-order valence-corrected chi connectivity index (χ4v) is 3.45. The topological polar surface area (TPSA) is 76.7 Å². The van der Waals surface area contributed by atoms with Crippen LogP contribution in [0.25, 0.3) is 0 Å². The molecule has 1 saturated carbocycles. The number of rotatable bonds is 4. The summed E-state index contributed by atoms with van der Waals surface area (Å²) in [5.41, 5.74) is 6.55. The predicted molar refractivity (Wildman–Crippen MR) is 77.3 cm³/mol. The van der Waals surface area contributed by atoms with Crippen molar-refractivity contribution in [3.8, 4) is 0 Å². The van der Waals surface area contributed by atoms with Crippen LogP contribution in [0.5, 0.6) is 0 Å². The lowest BCUT2D eigenvalue weighted by Gasteiger charge is -2.06. The van der Waals surface area contributed by atoms with Gasteiger partial charge in [-0.3, -0.25) is 4.57 Å². The summed E-state index contributed by atoms with van der Waals surface area (Å²) in [6.45, 7) is 0.513. The highest BCUT2D eigenvalue weighted by Gasteiger charge is 2.28. The fraction of sp³-hybridized carbons (Fsp3) is 0.333. The number of hydrogen-bond acceptors (Lipinski definition) is 4. The summed E-state index contributed by atoms with van der Waals surface area (Å²) in [6, 6.07) is 6.29. The Balaban J connectivity index is 1.91. The standard InChI is InChI=1S/C12H13BrN4OS/c13-9-5-7(6-14)1-4-10(9)19-12-16-15-11(18)17(12)8-2-3-8/h1,4-5,8H,2-3,6,14H2,(H,15,18). The molecular weight excluding hydrogens is 328 g/mol. The monoisotopic (exact) mass is 340 g/mol. The van der Waals surface area contributed by atoms with Crippen molar-refractivity contribution in [2.24, 2.45) is 5.73 Å². The summed E-state index contributed by atoms with van der Waals surface area (Å²) in [6.07, 6.45) is 2.11. The van der Waals surface area contributed by atoms with E-state index in [1.807, 2.05) is 18.2 Å². The molecular formula is C12H13BrN4OS. The minimum Gasteiger partial charge on any atom is -0.326 e. The first-order valence-electron chi connectivity index (χ1n) is 6.02. The van der Waals surface area contributed by atoms with Gasteiger partial charge in [0, 0.05) is 22.0 Å². The molecule has 0 spiro atoms. The Morgan fingerprint density at radius 3 is 2.95 bits per heavy atom. The van der Waals surface area contributed by atoms with Gasteiger partial charge in [0.05, 0.1) is 0 Å². The SMILES string of the molecule is NCc1ccc(Sc2n[nH]c(=O)n2C2CC2)c(Br)c1. The largest absolute Gasteiger partial charge is 0.344 e. The van der Waals surface area contributed by atoms with Gasteiger partial charge in [0.25, 0.3) is 0 Å². The number of nitrogens with zero attached hydrogens (tertiary/aromatic N) is 2. The molecule has 0 bridgehead atoms. The zero-order valence-corrected chi connectivity index (χ0v) is 12.5. The van der Waals surface area contributed by atoms with Gasteiger partial charge in [-0.05, 0) is 58.2 Å². The van der Waals surface area contributed by atoms with E-state index in [0.29, 0.717) is 17.7 Å². The Kier molecular flexibility index (Phi) is 3.51. The maximum absolute atomic E-state index is 11.7. The van der Waals surface area contributed by atoms with Crippen molar-refractivity contribution in [2.45, 2.75) is 35.5 Å². The normalized spacial score (nSPS) is 14.8. The molecule has 1 heterocycles. The van der Waals surface area contributed by atoms with E-state index < -0.39 is 0 Å². The molecule has 3 rings (SSSR count). The summed E-state index contributed by atoms with van der Waals surface area (Å²) in [4.78, 5) is 12.7. The van der Waals surface area contributed by atoms with Gasteiger partial charge in [-0.15, -0.1) is 5.10 Å². The van der Waals surface area contributed by atoms with E-state index >= 15 is 0 Å². The lowest BCUT2D eigenvalue weighted by molar-refractivity contribution is 0.642. The number of halogens is 1. The molecule has 19 heavy (non-hydrogen) atoms. The van der Waals surface area contributed by atoms with Gasteiger partial charge in [0.15, 0.2) is 5.16 Å². The zero-order valence-electron chi connectivity index (χ0n) is 10.1. The quantitative estimate of drug-likeness (QED) is 0.895. The van der Waals surface area contributed by atoms with E-state index in [-0.39, 0.29) is 5.69 Å². The van der Waals surface area contributed by atoms with E-state index in [4.69, 9.17) is 5.73 Å². The van der Waals surface area contributed by atoms with Crippen LogP contribution in [0.2, 0.25) is 0 Å². The minimum atomic E-state index is -0.125. The fourth-order valence-electron chi connectivity index (χ4n) is 1.87.